The van der Waals surface area contributed by atoms with Gasteiger partial charge in [-0.2, -0.15) is 0 Å². The van der Waals surface area contributed by atoms with Crippen molar-refractivity contribution in [2.75, 3.05) is 13.2 Å². The fourth-order valence-electron chi connectivity index (χ4n) is 2.52. The normalized spacial score (nSPS) is 11.5. The van der Waals surface area contributed by atoms with Gasteiger partial charge in [-0.05, 0) is 43.2 Å². The topological polar surface area (TPSA) is 58.6 Å². The summed E-state index contributed by atoms with van der Waals surface area (Å²) in [6.07, 6.45) is 0.838. The van der Waals surface area contributed by atoms with Crippen LogP contribution in [0.25, 0.3) is 0 Å². The first-order valence-electron chi connectivity index (χ1n) is 9.00. The summed E-state index contributed by atoms with van der Waals surface area (Å²) in [6.45, 7) is 4.48. The van der Waals surface area contributed by atoms with Crippen LogP contribution in [0, 0.1) is 0 Å². The van der Waals surface area contributed by atoms with Crippen LogP contribution in [0.5, 0.6) is 5.75 Å². The van der Waals surface area contributed by atoms with E-state index in [9.17, 15) is 9.59 Å². The molecule has 144 valence electrons. The van der Waals surface area contributed by atoms with Gasteiger partial charge in [0.1, 0.15) is 11.8 Å². The molecule has 2 amide bonds. The van der Waals surface area contributed by atoms with Gasteiger partial charge in [-0.1, -0.05) is 48.9 Å². The van der Waals surface area contributed by atoms with Crippen LogP contribution in [0.3, 0.4) is 0 Å². The molecule has 0 saturated carbocycles. The molecule has 0 aliphatic carbocycles. The molecule has 0 unspecified atom stereocenters. The lowest BCUT2D eigenvalue weighted by Gasteiger charge is -2.28. The lowest BCUT2D eigenvalue weighted by Crippen LogP contribution is -2.49. The van der Waals surface area contributed by atoms with Crippen molar-refractivity contribution in [2.45, 2.75) is 32.9 Å². The molecule has 0 aromatic heterocycles. The highest BCUT2D eigenvalue weighted by atomic mass is 35.5. The minimum atomic E-state index is -0.599. The number of amides is 2. The molecule has 0 bridgehead atoms. The summed E-state index contributed by atoms with van der Waals surface area (Å²) in [5.74, 6) is 0.121. The average molecular weight is 389 g/mol. The van der Waals surface area contributed by atoms with E-state index in [-0.39, 0.29) is 18.4 Å². The second-order valence-electron chi connectivity index (χ2n) is 6.22. The Labute approximate surface area is 165 Å². The van der Waals surface area contributed by atoms with E-state index in [4.69, 9.17) is 16.3 Å². The predicted molar refractivity (Wildman–Crippen MR) is 107 cm³/mol. The number of rotatable bonds is 9. The number of carbonyl (C=O) groups is 2. The number of carbonyl (C=O) groups excluding carboxylic acids is 2. The Kier molecular flexibility index (Phi) is 8.14. The molecule has 0 radical (unpaired) electrons. The third kappa shape index (κ3) is 6.61. The third-order valence-corrected chi connectivity index (χ3v) is 4.34. The van der Waals surface area contributed by atoms with E-state index in [0.717, 1.165) is 12.0 Å². The molecule has 6 heteroatoms. The Hall–Kier alpha value is -2.53. The summed E-state index contributed by atoms with van der Waals surface area (Å²) in [7, 11) is 0. The van der Waals surface area contributed by atoms with Gasteiger partial charge in [-0.3, -0.25) is 9.59 Å². The Bertz CT molecular complexity index is 735. The van der Waals surface area contributed by atoms with Crippen molar-refractivity contribution in [3.05, 3.63) is 65.2 Å². The van der Waals surface area contributed by atoms with Gasteiger partial charge in [0.25, 0.3) is 5.91 Å². The van der Waals surface area contributed by atoms with E-state index in [1.54, 1.807) is 31.2 Å². The van der Waals surface area contributed by atoms with Gasteiger partial charge < -0.3 is 15.0 Å². The largest absolute Gasteiger partial charge is 0.484 e. The van der Waals surface area contributed by atoms with Gasteiger partial charge in [0.2, 0.25) is 5.91 Å². The third-order valence-electron chi connectivity index (χ3n) is 4.09. The van der Waals surface area contributed by atoms with Crippen molar-refractivity contribution >= 4 is 23.4 Å². The smallest absolute Gasteiger partial charge is 0.261 e. The summed E-state index contributed by atoms with van der Waals surface area (Å²) in [4.78, 5) is 26.7. The maximum absolute atomic E-state index is 12.8. The minimum absolute atomic E-state index is 0.153. The quantitative estimate of drug-likeness (QED) is 0.713. The maximum atomic E-state index is 12.8. The summed E-state index contributed by atoms with van der Waals surface area (Å²) < 4.78 is 5.57. The van der Waals surface area contributed by atoms with Crippen LogP contribution in [0.2, 0.25) is 5.02 Å². The molecule has 0 heterocycles. The van der Waals surface area contributed by atoms with E-state index in [1.807, 2.05) is 37.3 Å². The first kappa shape index (κ1) is 20.8. The fourth-order valence-corrected chi connectivity index (χ4v) is 2.64. The zero-order valence-corrected chi connectivity index (χ0v) is 16.4. The van der Waals surface area contributed by atoms with E-state index in [2.05, 4.69) is 5.32 Å². The summed E-state index contributed by atoms with van der Waals surface area (Å²) in [5, 5.41) is 3.44. The molecule has 5 nitrogen and oxygen atoms in total. The minimum Gasteiger partial charge on any atom is -0.484 e. The fraction of sp³-hybridized carbons (Fsp3) is 0.333. The Morgan fingerprint density at radius 3 is 2.41 bits per heavy atom. The number of hydrogen-bond acceptors (Lipinski definition) is 3. The second-order valence-corrected chi connectivity index (χ2v) is 6.65. The lowest BCUT2D eigenvalue weighted by atomic mass is 10.1. The van der Waals surface area contributed by atoms with Crippen LogP contribution >= 0.6 is 11.6 Å². The molecule has 2 rings (SSSR count). The van der Waals surface area contributed by atoms with Crippen molar-refractivity contribution < 1.29 is 14.3 Å². The van der Waals surface area contributed by atoms with E-state index in [0.29, 0.717) is 23.9 Å². The van der Waals surface area contributed by atoms with Gasteiger partial charge in [0.15, 0.2) is 6.61 Å². The molecule has 1 N–H and O–H groups in total. The monoisotopic (exact) mass is 388 g/mol. The van der Waals surface area contributed by atoms with Crippen molar-refractivity contribution in [1.82, 2.24) is 10.2 Å². The van der Waals surface area contributed by atoms with E-state index < -0.39 is 6.04 Å². The van der Waals surface area contributed by atoms with Crippen LogP contribution in [-0.2, 0) is 16.1 Å². The zero-order chi connectivity index (χ0) is 19.6. The molecule has 2 aromatic rings. The molecule has 0 aliphatic heterocycles. The molecule has 2 aromatic carbocycles. The van der Waals surface area contributed by atoms with E-state index in [1.165, 1.54) is 4.90 Å². The lowest BCUT2D eigenvalue weighted by molar-refractivity contribution is -0.142. The predicted octanol–water partition coefficient (Wildman–Crippen LogP) is 3.66. The Morgan fingerprint density at radius 1 is 1.11 bits per heavy atom. The number of nitrogens with one attached hydrogen (secondary N) is 1. The highest BCUT2D eigenvalue weighted by Crippen LogP contribution is 2.16. The van der Waals surface area contributed by atoms with Gasteiger partial charge >= 0.3 is 0 Å². The van der Waals surface area contributed by atoms with Crippen LogP contribution in [0.4, 0.5) is 0 Å². The maximum Gasteiger partial charge on any atom is 0.261 e. The number of halogens is 1. The Balaban J connectivity index is 2.08. The van der Waals surface area contributed by atoms with Gasteiger partial charge in [0.05, 0.1) is 0 Å². The van der Waals surface area contributed by atoms with Gasteiger partial charge in [-0.15, -0.1) is 0 Å². The highest BCUT2D eigenvalue weighted by Gasteiger charge is 2.26. The molecule has 27 heavy (non-hydrogen) atoms. The van der Waals surface area contributed by atoms with Crippen molar-refractivity contribution in [1.29, 1.82) is 0 Å². The van der Waals surface area contributed by atoms with Gasteiger partial charge in [-0.25, -0.2) is 0 Å². The van der Waals surface area contributed by atoms with Gasteiger partial charge in [0, 0.05) is 18.1 Å². The first-order chi connectivity index (χ1) is 13.0. The number of hydrogen-bond donors (Lipinski definition) is 1. The molecular weight excluding hydrogens is 364 g/mol. The molecule has 0 spiro atoms. The highest BCUT2D eigenvalue weighted by molar-refractivity contribution is 6.30. The standard InChI is InChI=1S/C21H25ClN2O3/c1-3-13-23-21(26)16(2)24(14-17-7-5-4-6-8-17)20(25)15-27-19-11-9-18(22)10-12-19/h4-12,16H,3,13-15H2,1-2H3,(H,23,26)/t16-/m0/s1. The van der Waals surface area contributed by atoms with E-state index >= 15 is 0 Å². The van der Waals surface area contributed by atoms with Crippen molar-refractivity contribution in [2.24, 2.45) is 0 Å². The number of nitrogens with zero attached hydrogens (tertiary/aromatic N) is 1. The summed E-state index contributed by atoms with van der Waals surface area (Å²) in [6, 6.07) is 15.8. The average Bonchev–Trinajstić information content (AvgIpc) is 2.69. The molecule has 0 fully saturated rings. The van der Waals surface area contributed by atoms with Crippen LogP contribution in [0.1, 0.15) is 25.8 Å². The van der Waals surface area contributed by atoms with Crippen LogP contribution < -0.4 is 10.1 Å². The second kappa shape index (κ2) is 10.6. The molecule has 0 aliphatic rings. The summed E-state index contributed by atoms with van der Waals surface area (Å²) in [5.41, 5.74) is 0.951. The summed E-state index contributed by atoms with van der Waals surface area (Å²) >= 11 is 5.86. The van der Waals surface area contributed by atoms with Crippen LogP contribution in [0.15, 0.2) is 54.6 Å². The van der Waals surface area contributed by atoms with Crippen LogP contribution in [-0.4, -0.2) is 35.9 Å². The van der Waals surface area contributed by atoms with Crippen molar-refractivity contribution in [3.63, 3.8) is 0 Å². The first-order valence-corrected chi connectivity index (χ1v) is 9.38. The van der Waals surface area contributed by atoms with Crippen molar-refractivity contribution in [3.8, 4) is 5.75 Å². The molecule has 1 atom stereocenters. The molecule has 0 saturated heterocycles. The molecular formula is C21H25ClN2O3. The Morgan fingerprint density at radius 2 is 1.78 bits per heavy atom. The number of benzene rings is 2. The number of ether oxygens (including phenoxy) is 1. The zero-order valence-electron chi connectivity index (χ0n) is 15.7. The SMILES string of the molecule is CCCNC(=O)[C@H](C)N(Cc1ccccc1)C(=O)COc1ccc(Cl)cc1.